The molecule has 0 amide bonds. The molecule has 0 spiro atoms. The molecule has 0 N–H and O–H groups in total. The zero-order chi connectivity index (χ0) is 4.83. The summed E-state index contributed by atoms with van der Waals surface area (Å²) in [6, 6.07) is 0. The lowest BCUT2D eigenvalue weighted by Gasteiger charge is -1.75. The molecule has 0 heterocycles. The van der Waals surface area contributed by atoms with Crippen molar-refractivity contribution >= 4 is 0 Å². The molecule has 32 valence electrons. The molecule has 6 heavy (non-hydrogen) atoms. The van der Waals surface area contributed by atoms with Crippen LogP contribution in [0.4, 0.5) is 0 Å². The molecule has 0 saturated carbocycles. The molecule has 0 aliphatic carbocycles. The Labute approximate surface area is 39.2 Å². The average Bonchev–Trinajstić information content (AvgIpc) is 1.61. The highest BCUT2D eigenvalue weighted by Crippen LogP contribution is 1.84. The van der Waals surface area contributed by atoms with Crippen LogP contribution in [0.1, 0.15) is 12.8 Å². The largest absolute Gasteiger partial charge is 0.0956 e. The van der Waals surface area contributed by atoms with E-state index in [4.69, 9.17) is 6.58 Å². The van der Waals surface area contributed by atoms with Crippen molar-refractivity contribution in [2.45, 2.75) is 12.8 Å². The van der Waals surface area contributed by atoms with Gasteiger partial charge >= 0.3 is 0 Å². The quantitative estimate of drug-likeness (QED) is 0.453. The highest BCUT2D eigenvalue weighted by atomic mass is 13.7. The van der Waals surface area contributed by atoms with E-state index in [2.05, 4.69) is 12.7 Å². The Hall–Kier alpha value is -0.520. The minimum atomic E-state index is 0.872. The second kappa shape index (κ2) is 4.48. The van der Waals surface area contributed by atoms with Crippen LogP contribution < -0.4 is 0 Å². The third-order valence-electron chi connectivity index (χ3n) is 0.488. The smallest absolute Gasteiger partial charge is 0.0247 e. The monoisotopic (exact) mass is 80.1 g/mol. The van der Waals surface area contributed by atoms with Crippen LogP contribution >= 0.6 is 0 Å². The third-order valence-corrected chi connectivity index (χ3v) is 0.488. The lowest BCUT2D eigenvalue weighted by Crippen LogP contribution is -1.57. The fourth-order valence-corrected chi connectivity index (χ4v) is 0.185. The first kappa shape index (κ1) is 5.48. The van der Waals surface area contributed by atoms with Crippen LogP contribution in [0.25, 0.3) is 0 Å². The lowest BCUT2D eigenvalue weighted by atomic mass is 10.3. The predicted octanol–water partition coefficient (Wildman–Crippen LogP) is 1.74. The Kier molecular flexibility index (Phi) is 4.09. The Balaban J connectivity index is 2.66. The van der Waals surface area contributed by atoms with Gasteiger partial charge in [0.25, 0.3) is 0 Å². The topological polar surface area (TPSA) is 0 Å². The van der Waals surface area contributed by atoms with E-state index in [1.54, 1.807) is 6.08 Å². The van der Waals surface area contributed by atoms with Gasteiger partial charge in [-0.25, -0.2) is 0 Å². The van der Waals surface area contributed by atoms with Crippen molar-refractivity contribution in [3.8, 4) is 0 Å². The summed E-state index contributed by atoms with van der Waals surface area (Å²) in [6.45, 7) is 8.42. The molecule has 0 aromatic heterocycles. The van der Waals surface area contributed by atoms with E-state index >= 15 is 0 Å². The van der Waals surface area contributed by atoms with Gasteiger partial charge in [0, 0.05) is 0 Å². The highest BCUT2D eigenvalue weighted by Gasteiger charge is 1.67. The molecule has 0 nitrogen and oxygen atoms in total. The van der Waals surface area contributed by atoms with Crippen LogP contribution in [0.15, 0.2) is 12.7 Å². The fraction of sp³-hybridized carbons (Fsp3) is 0.333. The van der Waals surface area contributed by atoms with Gasteiger partial charge in [-0.2, -0.15) is 0 Å². The van der Waals surface area contributed by atoms with E-state index in [0.29, 0.717) is 0 Å². The van der Waals surface area contributed by atoms with E-state index < -0.39 is 0 Å². The summed E-state index contributed by atoms with van der Waals surface area (Å²) < 4.78 is 0. The second-order valence-electron chi connectivity index (χ2n) is 1.02. The molecule has 0 unspecified atom stereocenters. The Morgan fingerprint density at radius 1 is 1.83 bits per heavy atom. The van der Waals surface area contributed by atoms with Gasteiger partial charge in [0.15, 0.2) is 0 Å². The maximum atomic E-state index is 5.02. The molecule has 0 aromatic rings. The minimum Gasteiger partial charge on any atom is -0.0956 e. The normalized spacial score (nSPS) is 7.33. The van der Waals surface area contributed by atoms with Crippen LogP contribution in [0.3, 0.4) is 0 Å². The first-order valence-corrected chi connectivity index (χ1v) is 1.95. The van der Waals surface area contributed by atoms with Crippen LogP contribution in [-0.4, -0.2) is 0 Å². The van der Waals surface area contributed by atoms with Crippen molar-refractivity contribution in [1.29, 1.82) is 0 Å². The number of hydrogen-bond donors (Lipinski definition) is 0. The summed E-state index contributed by atoms with van der Waals surface area (Å²) in [5.41, 5.74) is 0. The summed E-state index contributed by atoms with van der Waals surface area (Å²) in [6.07, 6.45) is 6.08. The van der Waals surface area contributed by atoms with E-state index in [9.17, 15) is 0 Å². The molecular weight excluding hydrogens is 72.1 g/mol. The van der Waals surface area contributed by atoms with Gasteiger partial charge in [0.1, 0.15) is 0 Å². The molecule has 0 heteroatoms. The molecule has 0 aromatic carbocycles. The van der Waals surface area contributed by atoms with Gasteiger partial charge in [-0.3, -0.25) is 0 Å². The molecule has 0 bridgehead atoms. The number of rotatable bonds is 3. The average molecular weight is 80.1 g/mol. The van der Waals surface area contributed by atoms with Crippen molar-refractivity contribution in [2.75, 3.05) is 0 Å². The molecule has 2 radical (unpaired) electrons. The van der Waals surface area contributed by atoms with Crippen molar-refractivity contribution < 1.29 is 0 Å². The van der Waals surface area contributed by atoms with Gasteiger partial charge in [-0.05, 0) is 12.8 Å². The van der Waals surface area contributed by atoms with Gasteiger partial charge in [0.2, 0.25) is 0 Å². The SMILES string of the molecule is [CH]=CCC[C]=C. The van der Waals surface area contributed by atoms with Gasteiger partial charge in [0.05, 0.1) is 0 Å². The van der Waals surface area contributed by atoms with Crippen molar-refractivity contribution in [3.63, 3.8) is 0 Å². The van der Waals surface area contributed by atoms with E-state index in [1.807, 2.05) is 0 Å². The maximum absolute atomic E-state index is 5.02. The molecule has 0 rings (SSSR count). The number of hydrogen-bond acceptors (Lipinski definition) is 0. The van der Waals surface area contributed by atoms with Crippen LogP contribution in [0, 0.1) is 12.7 Å². The summed E-state index contributed by atoms with van der Waals surface area (Å²) >= 11 is 0. The van der Waals surface area contributed by atoms with E-state index in [1.165, 1.54) is 0 Å². The molecule has 0 aliphatic rings. The van der Waals surface area contributed by atoms with Gasteiger partial charge in [-0.1, -0.05) is 25.3 Å². The van der Waals surface area contributed by atoms with Crippen LogP contribution in [0.5, 0.6) is 0 Å². The molecule has 0 saturated heterocycles. The maximum Gasteiger partial charge on any atom is -0.0247 e. The van der Waals surface area contributed by atoms with Crippen LogP contribution in [-0.2, 0) is 0 Å². The lowest BCUT2D eigenvalue weighted by molar-refractivity contribution is 1.03. The molecular formula is C6H8. The Bertz CT molecular complexity index is 36.0. The minimum absolute atomic E-state index is 0.872. The summed E-state index contributed by atoms with van der Waals surface area (Å²) in [5, 5.41) is 0. The second-order valence-corrected chi connectivity index (χ2v) is 1.02. The van der Waals surface area contributed by atoms with Crippen LogP contribution in [0.2, 0.25) is 0 Å². The molecule has 0 fully saturated rings. The van der Waals surface area contributed by atoms with E-state index in [0.717, 1.165) is 12.8 Å². The Morgan fingerprint density at radius 3 is 2.67 bits per heavy atom. The zero-order valence-electron chi connectivity index (χ0n) is 3.78. The van der Waals surface area contributed by atoms with Gasteiger partial charge < -0.3 is 0 Å². The Morgan fingerprint density at radius 2 is 2.50 bits per heavy atom. The first-order valence-electron chi connectivity index (χ1n) is 1.95. The van der Waals surface area contributed by atoms with Crippen molar-refractivity contribution in [2.24, 2.45) is 0 Å². The molecule has 0 atom stereocenters. The molecule has 0 aliphatic heterocycles. The first-order chi connectivity index (χ1) is 2.91. The van der Waals surface area contributed by atoms with E-state index in [-0.39, 0.29) is 0 Å². The zero-order valence-corrected chi connectivity index (χ0v) is 3.78. The number of allylic oxidation sites excluding steroid dienone is 2. The summed E-state index contributed by atoms with van der Waals surface area (Å²) in [4.78, 5) is 0. The fourth-order valence-electron chi connectivity index (χ4n) is 0.185. The number of unbranched alkanes of at least 4 members (excludes halogenated alkanes) is 1. The standard InChI is InChI=1S/C6H8/c1-3-5-6-4-2/h1,3H,2,5-6H2. The summed E-state index contributed by atoms with van der Waals surface area (Å²) in [7, 11) is 0. The summed E-state index contributed by atoms with van der Waals surface area (Å²) in [5.74, 6) is 0. The highest BCUT2D eigenvalue weighted by molar-refractivity contribution is 4.66. The van der Waals surface area contributed by atoms with Crippen molar-refractivity contribution in [1.82, 2.24) is 0 Å². The predicted molar refractivity (Wildman–Crippen MR) is 27.0 cm³/mol. The van der Waals surface area contributed by atoms with Crippen molar-refractivity contribution in [3.05, 3.63) is 25.3 Å². The van der Waals surface area contributed by atoms with Gasteiger partial charge in [-0.15, -0.1) is 0 Å². The third kappa shape index (κ3) is 3.48.